The molecule has 4 heteroatoms. The molecule has 0 saturated carbocycles. The molecule has 0 aliphatic carbocycles. The summed E-state index contributed by atoms with van der Waals surface area (Å²) in [7, 11) is 1.71. The van der Waals surface area contributed by atoms with E-state index < -0.39 is 0 Å². The minimum absolute atomic E-state index is 0.109. The van der Waals surface area contributed by atoms with Crippen molar-refractivity contribution in [1.82, 2.24) is 5.32 Å². The van der Waals surface area contributed by atoms with Crippen molar-refractivity contribution in [3.05, 3.63) is 29.8 Å². The van der Waals surface area contributed by atoms with Gasteiger partial charge in [-0.05, 0) is 30.5 Å². The van der Waals surface area contributed by atoms with Gasteiger partial charge in [-0.1, -0.05) is 12.1 Å². The molecule has 1 saturated heterocycles. The first-order valence-corrected chi connectivity index (χ1v) is 6.50. The first-order chi connectivity index (χ1) is 8.74. The summed E-state index contributed by atoms with van der Waals surface area (Å²) in [5.41, 5.74) is 7.91. The molecule has 1 aliphatic heterocycles. The molecule has 1 fully saturated rings. The number of nitrogens with zero attached hydrogens (tertiary/aromatic N) is 1. The van der Waals surface area contributed by atoms with Crippen LogP contribution in [0.5, 0.6) is 0 Å². The van der Waals surface area contributed by atoms with E-state index in [0.29, 0.717) is 6.54 Å². The molecule has 1 aromatic rings. The number of piperidine rings is 1. The van der Waals surface area contributed by atoms with Crippen LogP contribution in [0.3, 0.4) is 0 Å². The van der Waals surface area contributed by atoms with Gasteiger partial charge in [-0.2, -0.15) is 0 Å². The smallest absolute Gasteiger partial charge is 0.224 e. The Morgan fingerprint density at radius 2 is 2.17 bits per heavy atom. The molecule has 4 nitrogen and oxygen atoms in total. The Morgan fingerprint density at radius 1 is 1.44 bits per heavy atom. The lowest BCUT2D eigenvalue weighted by Crippen LogP contribution is -2.42. The van der Waals surface area contributed by atoms with Crippen molar-refractivity contribution >= 4 is 11.6 Å². The van der Waals surface area contributed by atoms with Crippen molar-refractivity contribution in [2.45, 2.75) is 19.4 Å². The molecule has 1 aliphatic rings. The highest BCUT2D eigenvalue weighted by atomic mass is 16.1. The van der Waals surface area contributed by atoms with Gasteiger partial charge in [0.05, 0.1) is 5.92 Å². The highest BCUT2D eigenvalue weighted by molar-refractivity contribution is 5.79. The van der Waals surface area contributed by atoms with Gasteiger partial charge < -0.3 is 16.0 Å². The molecule has 1 unspecified atom stereocenters. The van der Waals surface area contributed by atoms with E-state index in [1.165, 1.54) is 5.69 Å². The van der Waals surface area contributed by atoms with E-state index in [4.69, 9.17) is 5.73 Å². The first-order valence-electron chi connectivity index (χ1n) is 6.50. The van der Waals surface area contributed by atoms with Crippen molar-refractivity contribution in [1.29, 1.82) is 0 Å². The molecule has 2 rings (SSSR count). The fourth-order valence-corrected chi connectivity index (χ4v) is 2.47. The van der Waals surface area contributed by atoms with Crippen LogP contribution in [-0.2, 0) is 11.3 Å². The summed E-state index contributed by atoms with van der Waals surface area (Å²) in [6.07, 6.45) is 2.05. The van der Waals surface area contributed by atoms with E-state index in [1.807, 2.05) is 0 Å². The number of hydrogen-bond acceptors (Lipinski definition) is 3. The second-order valence-corrected chi connectivity index (χ2v) is 4.77. The zero-order chi connectivity index (χ0) is 13.0. The number of carbonyl (C=O) groups is 1. The zero-order valence-corrected chi connectivity index (χ0v) is 10.9. The molecule has 3 N–H and O–H groups in total. The Hall–Kier alpha value is -1.55. The first kappa shape index (κ1) is 12.9. The Balaban J connectivity index is 2.05. The van der Waals surface area contributed by atoms with Gasteiger partial charge in [0.15, 0.2) is 0 Å². The topological polar surface area (TPSA) is 58.4 Å². The molecule has 0 aromatic heterocycles. The van der Waals surface area contributed by atoms with Gasteiger partial charge in [0.1, 0.15) is 0 Å². The van der Waals surface area contributed by atoms with Gasteiger partial charge in [-0.3, -0.25) is 4.79 Å². The van der Waals surface area contributed by atoms with E-state index in [9.17, 15) is 4.79 Å². The van der Waals surface area contributed by atoms with Crippen LogP contribution in [0, 0.1) is 5.92 Å². The molecule has 1 aromatic carbocycles. The second-order valence-electron chi connectivity index (χ2n) is 4.77. The number of hydrogen-bond donors (Lipinski definition) is 2. The molecule has 1 amide bonds. The fraction of sp³-hybridized carbons (Fsp3) is 0.500. The summed E-state index contributed by atoms with van der Waals surface area (Å²) in [5, 5.41) is 2.74. The summed E-state index contributed by atoms with van der Waals surface area (Å²) >= 11 is 0. The highest BCUT2D eigenvalue weighted by Gasteiger charge is 2.24. The average molecular weight is 247 g/mol. The zero-order valence-electron chi connectivity index (χ0n) is 10.9. The molecule has 1 heterocycles. The van der Waals surface area contributed by atoms with Crippen LogP contribution in [0.15, 0.2) is 24.3 Å². The number of nitrogens with two attached hydrogens (primary N) is 1. The number of rotatable bonds is 3. The van der Waals surface area contributed by atoms with E-state index >= 15 is 0 Å². The second kappa shape index (κ2) is 5.87. The summed E-state index contributed by atoms with van der Waals surface area (Å²) in [4.78, 5) is 14.0. The maximum Gasteiger partial charge on any atom is 0.224 e. The van der Waals surface area contributed by atoms with Crippen LogP contribution in [0.2, 0.25) is 0 Å². The molecule has 0 spiro atoms. The molecule has 0 bridgehead atoms. The van der Waals surface area contributed by atoms with Gasteiger partial charge >= 0.3 is 0 Å². The molecule has 18 heavy (non-hydrogen) atoms. The van der Waals surface area contributed by atoms with Crippen LogP contribution in [0.1, 0.15) is 18.4 Å². The standard InChI is InChI=1S/C14H21N3O/c1-16-14(18)12-3-2-8-17(10-12)13-6-4-11(9-15)5-7-13/h4-7,12H,2-3,8-10,15H2,1H3,(H,16,18). The minimum Gasteiger partial charge on any atom is -0.371 e. The van der Waals surface area contributed by atoms with Crippen molar-refractivity contribution in [3.63, 3.8) is 0 Å². The summed E-state index contributed by atoms with van der Waals surface area (Å²) in [6.45, 7) is 2.40. The van der Waals surface area contributed by atoms with E-state index in [-0.39, 0.29) is 11.8 Å². The Labute approximate surface area is 108 Å². The minimum atomic E-state index is 0.109. The molecule has 98 valence electrons. The van der Waals surface area contributed by atoms with Crippen LogP contribution in [0.4, 0.5) is 5.69 Å². The fourth-order valence-electron chi connectivity index (χ4n) is 2.47. The van der Waals surface area contributed by atoms with Crippen LogP contribution >= 0.6 is 0 Å². The number of carbonyl (C=O) groups excluding carboxylic acids is 1. The maximum absolute atomic E-state index is 11.7. The van der Waals surface area contributed by atoms with Crippen molar-refractivity contribution in [3.8, 4) is 0 Å². The van der Waals surface area contributed by atoms with Gasteiger partial charge in [-0.25, -0.2) is 0 Å². The number of nitrogens with one attached hydrogen (secondary N) is 1. The maximum atomic E-state index is 11.7. The molecular formula is C14H21N3O. The van der Waals surface area contributed by atoms with Crippen molar-refractivity contribution in [2.24, 2.45) is 11.7 Å². The van der Waals surface area contributed by atoms with Gasteiger partial charge in [-0.15, -0.1) is 0 Å². The number of anilines is 1. The van der Waals surface area contributed by atoms with Crippen molar-refractivity contribution in [2.75, 3.05) is 25.0 Å². The van der Waals surface area contributed by atoms with Crippen LogP contribution in [-0.4, -0.2) is 26.0 Å². The van der Waals surface area contributed by atoms with E-state index in [0.717, 1.165) is 31.5 Å². The molecular weight excluding hydrogens is 226 g/mol. The van der Waals surface area contributed by atoms with Crippen molar-refractivity contribution < 1.29 is 4.79 Å². The highest BCUT2D eigenvalue weighted by Crippen LogP contribution is 2.23. The predicted octanol–water partition coefficient (Wildman–Crippen LogP) is 1.11. The summed E-state index contributed by atoms with van der Waals surface area (Å²) in [5.74, 6) is 0.260. The van der Waals surface area contributed by atoms with Crippen LogP contribution in [0.25, 0.3) is 0 Å². The Kier molecular flexibility index (Phi) is 4.20. The van der Waals surface area contributed by atoms with Gasteiger partial charge in [0.25, 0.3) is 0 Å². The number of benzene rings is 1. The molecule has 1 atom stereocenters. The lowest BCUT2D eigenvalue weighted by atomic mass is 9.96. The average Bonchev–Trinajstić information content (AvgIpc) is 2.46. The lowest BCUT2D eigenvalue weighted by Gasteiger charge is -2.33. The Morgan fingerprint density at radius 3 is 2.78 bits per heavy atom. The van der Waals surface area contributed by atoms with Gasteiger partial charge in [0.2, 0.25) is 5.91 Å². The van der Waals surface area contributed by atoms with Gasteiger partial charge in [0, 0.05) is 32.4 Å². The summed E-state index contributed by atoms with van der Waals surface area (Å²) in [6, 6.07) is 8.29. The SMILES string of the molecule is CNC(=O)C1CCCN(c2ccc(CN)cc2)C1. The summed E-state index contributed by atoms with van der Waals surface area (Å²) < 4.78 is 0. The van der Waals surface area contributed by atoms with Crippen LogP contribution < -0.4 is 16.0 Å². The predicted molar refractivity (Wildman–Crippen MR) is 73.3 cm³/mol. The van der Waals surface area contributed by atoms with E-state index in [1.54, 1.807) is 7.05 Å². The third-order valence-electron chi connectivity index (χ3n) is 3.58. The monoisotopic (exact) mass is 247 g/mol. The Bertz CT molecular complexity index is 402. The van der Waals surface area contributed by atoms with E-state index in [2.05, 4.69) is 34.5 Å². The number of amides is 1. The third kappa shape index (κ3) is 2.82. The normalized spacial score (nSPS) is 19.7. The molecule has 0 radical (unpaired) electrons. The quantitative estimate of drug-likeness (QED) is 0.841. The largest absolute Gasteiger partial charge is 0.371 e. The lowest BCUT2D eigenvalue weighted by molar-refractivity contribution is -0.124. The third-order valence-corrected chi connectivity index (χ3v) is 3.58.